The normalized spacial score (nSPS) is 11.4. The smallest absolute Gasteiger partial charge is 0.142 e. The van der Waals surface area contributed by atoms with E-state index in [2.05, 4.69) is 62.6 Å². The molecule has 0 spiro atoms. The average Bonchev–Trinajstić information content (AvgIpc) is 3.28. The topological polar surface area (TPSA) is 39.4 Å². The molecule has 0 N–H and O–H groups in total. The number of aromatic nitrogens is 2. The maximum Gasteiger partial charge on any atom is 0.142 e. The van der Waals surface area contributed by atoms with Gasteiger partial charge in [-0.25, -0.2) is 0 Å². The van der Waals surface area contributed by atoms with E-state index in [0.29, 0.717) is 13.2 Å². The van der Waals surface area contributed by atoms with Gasteiger partial charge in [-0.3, -0.25) is 4.68 Å². The van der Waals surface area contributed by atoms with Crippen LogP contribution in [0.3, 0.4) is 0 Å². The number of hydrogen-bond acceptors (Lipinski definition) is 3. The van der Waals surface area contributed by atoms with Gasteiger partial charge in [-0.15, -0.1) is 0 Å². The second kappa shape index (κ2) is 9.34. The van der Waals surface area contributed by atoms with Crippen molar-refractivity contribution in [2.45, 2.75) is 13.2 Å². The zero-order valence-electron chi connectivity index (χ0n) is 15.8. The van der Waals surface area contributed by atoms with E-state index in [9.17, 15) is 0 Å². The highest BCUT2D eigenvalue weighted by Crippen LogP contribution is 2.22. The van der Waals surface area contributed by atoms with Gasteiger partial charge in [-0.05, 0) is 34.9 Å². The summed E-state index contributed by atoms with van der Waals surface area (Å²) in [5.74, 6) is 0. The van der Waals surface area contributed by atoms with Crippen LogP contribution in [0.25, 0.3) is 11.1 Å². The summed E-state index contributed by atoms with van der Waals surface area (Å²) in [4.78, 5) is 5.65. The van der Waals surface area contributed by atoms with E-state index < -0.39 is 0 Å². The van der Waals surface area contributed by atoms with Crippen molar-refractivity contribution in [1.82, 2.24) is 9.78 Å². The number of halogens is 1. The lowest BCUT2D eigenvalue weighted by Gasteiger charge is -2.09. The summed E-state index contributed by atoms with van der Waals surface area (Å²) in [6, 6.07) is 28.6. The summed E-state index contributed by atoms with van der Waals surface area (Å²) >= 11 is 3.48. The number of nitrogens with zero attached hydrogens (tertiary/aromatic N) is 3. The van der Waals surface area contributed by atoms with Gasteiger partial charge in [0.05, 0.1) is 6.54 Å². The van der Waals surface area contributed by atoms with Crippen LogP contribution in [0.4, 0.5) is 0 Å². The molecule has 5 heteroatoms. The summed E-state index contributed by atoms with van der Waals surface area (Å²) in [5.41, 5.74) is 5.25. The van der Waals surface area contributed by atoms with Crippen molar-refractivity contribution >= 4 is 21.6 Å². The van der Waals surface area contributed by atoms with Gasteiger partial charge in [0.25, 0.3) is 0 Å². The van der Waals surface area contributed by atoms with Gasteiger partial charge in [0.15, 0.2) is 0 Å². The van der Waals surface area contributed by atoms with Crippen LogP contribution in [0, 0.1) is 0 Å². The summed E-state index contributed by atoms with van der Waals surface area (Å²) in [6.45, 7) is 0.972. The van der Waals surface area contributed by atoms with Gasteiger partial charge in [-0.1, -0.05) is 87.8 Å². The molecule has 4 rings (SSSR count). The minimum absolute atomic E-state index is 0.431. The molecule has 0 unspecified atom stereocenters. The Morgan fingerprint density at radius 3 is 2.21 bits per heavy atom. The van der Waals surface area contributed by atoms with E-state index in [4.69, 9.17) is 4.84 Å². The fourth-order valence-electron chi connectivity index (χ4n) is 2.98. The number of rotatable bonds is 7. The summed E-state index contributed by atoms with van der Waals surface area (Å²) in [5, 5.41) is 8.72. The second-order valence-electron chi connectivity index (χ2n) is 6.58. The first kappa shape index (κ1) is 19.2. The number of oxime groups is 1. The van der Waals surface area contributed by atoms with Gasteiger partial charge in [0.2, 0.25) is 0 Å². The lowest BCUT2D eigenvalue weighted by atomic mass is 10.0. The molecule has 0 aliphatic carbocycles. The predicted molar refractivity (Wildman–Crippen MR) is 120 cm³/mol. The van der Waals surface area contributed by atoms with Crippen LogP contribution in [0.5, 0.6) is 0 Å². The minimum atomic E-state index is 0.431. The highest BCUT2D eigenvalue weighted by Gasteiger charge is 2.08. The third-order valence-electron chi connectivity index (χ3n) is 4.52. The van der Waals surface area contributed by atoms with Crippen LogP contribution >= 0.6 is 15.9 Å². The second-order valence-corrected chi connectivity index (χ2v) is 7.50. The molecule has 0 fully saturated rings. The van der Waals surface area contributed by atoms with Crippen molar-refractivity contribution in [3.8, 4) is 11.1 Å². The highest BCUT2D eigenvalue weighted by atomic mass is 79.9. The van der Waals surface area contributed by atoms with Crippen molar-refractivity contribution in [2.24, 2.45) is 5.16 Å². The Kier molecular flexibility index (Phi) is 6.17. The Bertz CT molecular complexity index is 1060. The first-order valence-electron chi connectivity index (χ1n) is 9.34. The maximum absolute atomic E-state index is 5.65. The number of hydrogen-bond donors (Lipinski definition) is 0. The Morgan fingerprint density at radius 2 is 1.55 bits per heavy atom. The van der Waals surface area contributed by atoms with E-state index in [0.717, 1.165) is 26.9 Å². The molecule has 3 aromatic carbocycles. The molecule has 4 aromatic rings. The lowest BCUT2D eigenvalue weighted by Crippen LogP contribution is -2.13. The van der Waals surface area contributed by atoms with E-state index in [1.54, 1.807) is 6.20 Å². The zero-order valence-corrected chi connectivity index (χ0v) is 17.4. The monoisotopic (exact) mass is 445 g/mol. The van der Waals surface area contributed by atoms with E-state index >= 15 is 0 Å². The van der Waals surface area contributed by atoms with Crippen LogP contribution in [-0.2, 0) is 18.0 Å². The molecule has 0 atom stereocenters. The molecule has 1 aromatic heterocycles. The molecule has 0 aliphatic rings. The summed E-state index contributed by atoms with van der Waals surface area (Å²) in [7, 11) is 0. The largest absolute Gasteiger partial charge is 0.391 e. The molecule has 0 amide bonds. The van der Waals surface area contributed by atoms with Crippen LogP contribution in [-0.4, -0.2) is 15.5 Å². The Hall–Kier alpha value is -3.18. The van der Waals surface area contributed by atoms with Gasteiger partial charge < -0.3 is 4.84 Å². The maximum atomic E-state index is 5.65. The SMILES string of the molecule is Brc1ccc(-c2ccc(/C(Cn3cccn3)=N\OCc3ccccc3)cc2)cc1. The summed E-state index contributed by atoms with van der Waals surface area (Å²) < 4.78 is 2.91. The molecule has 29 heavy (non-hydrogen) atoms. The standard InChI is InChI=1S/C24H20BrN3O/c25-23-13-11-21(12-14-23)20-7-9-22(10-8-20)24(17-28-16-4-15-26-28)27-29-18-19-5-2-1-3-6-19/h1-16H,17-18H2/b27-24-. The zero-order chi connectivity index (χ0) is 19.9. The highest BCUT2D eigenvalue weighted by molar-refractivity contribution is 9.10. The molecule has 0 saturated carbocycles. The fourth-order valence-corrected chi connectivity index (χ4v) is 3.24. The molecular weight excluding hydrogens is 426 g/mol. The fraction of sp³-hybridized carbons (Fsp3) is 0.0833. The van der Waals surface area contributed by atoms with E-state index in [1.807, 2.05) is 59.4 Å². The average molecular weight is 446 g/mol. The van der Waals surface area contributed by atoms with Crippen LogP contribution in [0.2, 0.25) is 0 Å². The third kappa shape index (κ3) is 5.21. The quantitative estimate of drug-likeness (QED) is 0.261. The van der Waals surface area contributed by atoms with Gasteiger partial charge in [0, 0.05) is 22.4 Å². The Labute approximate surface area is 178 Å². The van der Waals surface area contributed by atoms with Gasteiger partial charge >= 0.3 is 0 Å². The summed E-state index contributed by atoms with van der Waals surface area (Å²) in [6.07, 6.45) is 3.68. The lowest BCUT2D eigenvalue weighted by molar-refractivity contribution is 0.130. The number of benzene rings is 3. The molecule has 0 radical (unpaired) electrons. The van der Waals surface area contributed by atoms with Crippen molar-refractivity contribution < 1.29 is 4.84 Å². The van der Waals surface area contributed by atoms with Crippen LogP contribution in [0.15, 0.2) is 107 Å². The van der Waals surface area contributed by atoms with Gasteiger partial charge in [0.1, 0.15) is 12.3 Å². The van der Waals surface area contributed by atoms with Crippen LogP contribution < -0.4 is 0 Å². The Balaban J connectivity index is 1.54. The first-order valence-corrected chi connectivity index (χ1v) is 10.1. The molecule has 0 saturated heterocycles. The third-order valence-corrected chi connectivity index (χ3v) is 5.04. The van der Waals surface area contributed by atoms with E-state index in [1.165, 1.54) is 5.56 Å². The van der Waals surface area contributed by atoms with Crippen molar-refractivity contribution in [2.75, 3.05) is 0 Å². The molecule has 144 valence electrons. The predicted octanol–water partition coefficient (Wildman–Crippen LogP) is 5.93. The van der Waals surface area contributed by atoms with Crippen LogP contribution in [0.1, 0.15) is 11.1 Å². The van der Waals surface area contributed by atoms with Crippen molar-refractivity contribution in [3.63, 3.8) is 0 Å². The molecule has 0 bridgehead atoms. The van der Waals surface area contributed by atoms with E-state index in [-0.39, 0.29) is 0 Å². The van der Waals surface area contributed by atoms with Crippen molar-refractivity contribution in [1.29, 1.82) is 0 Å². The van der Waals surface area contributed by atoms with Gasteiger partial charge in [-0.2, -0.15) is 5.10 Å². The molecule has 1 heterocycles. The minimum Gasteiger partial charge on any atom is -0.391 e. The molecule has 0 aliphatic heterocycles. The molecule has 4 nitrogen and oxygen atoms in total. The molecular formula is C24H20BrN3O. The van der Waals surface area contributed by atoms with Crippen molar-refractivity contribution in [3.05, 3.63) is 113 Å². The first-order chi connectivity index (χ1) is 14.3. The Morgan fingerprint density at radius 1 is 0.862 bits per heavy atom.